The second-order valence-electron chi connectivity index (χ2n) is 6.93. The lowest BCUT2D eigenvalue weighted by Crippen LogP contribution is -2.46. The van der Waals surface area contributed by atoms with Gasteiger partial charge >= 0.3 is 0 Å². The number of nitrogens with zero attached hydrogens (tertiary/aromatic N) is 4. The number of halogens is 1. The summed E-state index contributed by atoms with van der Waals surface area (Å²) in [7, 11) is 2.18. The zero-order valence-corrected chi connectivity index (χ0v) is 14.9. The Morgan fingerprint density at radius 1 is 1.04 bits per heavy atom. The molecule has 0 saturated carbocycles. The molecule has 26 heavy (non-hydrogen) atoms. The van der Waals surface area contributed by atoms with Crippen molar-refractivity contribution in [3.8, 4) is 5.69 Å². The highest BCUT2D eigenvalue weighted by Gasteiger charge is 2.26. The van der Waals surface area contributed by atoms with Crippen molar-refractivity contribution in [3.63, 3.8) is 0 Å². The minimum atomic E-state index is -0.232. The number of likely N-dealkylation sites (N-methyl/N-ethyl adjacent to an activating group) is 1. The van der Waals surface area contributed by atoms with E-state index in [1.165, 1.54) is 23.3 Å². The fraction of sp³-hybridized carbons (Fsp3) is 0.286. The molecule has 134 valence electrons. The van der Waals surface area contributed by atoms with Crippen LogP contribution in [0.25, 0.3) is 5.69 Å². The van der Waals surface area contributed by atoms with E-state index in [-0.39, 0.29) is 5.82 Å². The lowest BCUT2D eigenvalue weighted by molar-refractivity contribution is 0.0834. The van der Waals surface area contributed by atoms with Crippen LogP contribution in [0.1, 0.15) is 17.2 Å². The zero-order valence-electron chi connectivity index (χ0n) is 14.9. The lowest BCUT2D eigenvalue weighted by Gasteiger charge is -2.40. The molecule has 1 fully saturated rings. The van der Waals surface area contributed by atoms with Crippen molar-refractivity contribution >= 4 is 0 Å². The van der Waals surface area contributed by atoms with Gasteiger partial charge in [0.1, 0.15) is 5.82 Å². The predicted octanol–water partition coefficient (Wildman–Crippen LogP) is 3.50. The van der Waals surface area contributed by atoms with E-state index in [4.69, 9.17) is 0 Å². The SMILES string of the molecule is CN1CCN(Cc2cnn(-c3ccc(F)cc3)c2)[C@@H](c2ccccc2)C1. The number of piperazine rings is 1. The number of hydrogen-bond acceptors (Lipinski definition) is 3. The summed E-state index contributed by atoms with van der Waals surface area (Å²) in [6.45, 7) is 3.97. The van der Waals surface area contributed by atoms with Gasteiger partial charge in [-0.2, -0.15) is 5.10 Å². The van der Waals surface area contributed by atoms with E-state index in [0.29, 0.717) is 6.04 Å². The Kier molecular flexibility index (Phi) is 4.82. The predicted molar refractivity (Wildman–Crippen MR) is 101 cm³/mol. The van der Waals surface area contributed by atoms with Gasteiger partial charge in [-0.15, -0.1) is 0 Å². The Hall–Kier alpha value is -2.50. The van der Waals surface area contributed by atoms with Crippen LogP contribution in [0.15, 0.2) is 67.0 Å². The molecule has 0 bridgehead atoms. The molecule has 2 heterocycles. The molecule has 2 aromatic carbocycles. The number of aromatic nitrogens is 2. The van der Waals surface area contributed by atoms with Crippen LogP contribution in [-0.4, -0.2) is 46.3 Å². The van der Waals surface area contributed by atoms with Gasteiger partial charge in [0.05, 0.1) is 11.9 Å². The molecule has 1 atom stereocenters. The second kappa shape index (κ2) is 7.40. The van der Waals surface area contributed by atoms with E-state index in [1.807, 2.05) is 17.1 Å². The third-order valence-corrected chi connectivity index (χ3v) is 4.99. The van der Waals surface area contributed by atoms with Gasteiger partial charge in [0, 0.05) is 44.0 Å². The van der Waals surface area contributed by atoms with Crippen molar-refractivity contribution in [2.24, 2.45) is 0 Å². The summed E-state index contributed by atoms with van der Waals surface area (Å²) in [6.07, 6.45) is 3.94. The van der Waals surface area contributed by atoms with Crippen molar-refractivity contribution in [1.82, 2.24) is 19.6 Å². The minimum Gasteiger partial charge on any atom is -0.303 e. The second-order valence-corrected chi connectivity index (χ2v) is 6.93. The summed E-state index contributed by atoms with van der Waals surface area (Å²) < 4.78 is 14.9. The van der Waals surface area contributed by atoms with Crippen LogP contribution in [-0.2, 0) is 6.54 Å². The van der Waals surface area contributed by atoms with Crippen LogP contribution >= 0.6 is 0 Å². The van der Waals surface area contributed by atoms with Crippen LogP contribution in [0.4, 0.5) is 4.39 Å². The third-order valence-electron chi connectivity index (χ3n) is 4.99. The first-order valence-electron chi connectivity index (χ1n) is 8.96. The molecule has 1 aromatic heterocycles. The van der Waals surface area contributed by atoms with E-state index in [1.54, 1.807) is 12.1 Å². The van der Waals surface area contributed by atoms with E-state index < -0.39 is 0 Å². The van der Waals surface area contributed by atoms with Crippen molar-refractivity contribution in [3.05, 3.63) is 83.9 Å². The molecule has 5 heteroatoms. The standard InChI is InChI=1S/C21H23FN4/c1-24-11-12-25(21(16-24)18-5-3-2-4-6-18)14-17-13-23-26(15-17)20-9-7-19(22)8-10-20/h2-10,13,15,21H,11-12,14,16H2,1H3/t21-/m1/s1. The Labute approximate surface area is 153 Å². The molecule has 1 aliphatic rings. The highest BCUT2D eigenvalue weighted by molar-refractivity contribution is 5.31. The average Bonchev–Trinajstić information content (AvgIpc) is 3.13. The lowest BCUT2D eigenvalue weighted by atomic mass is 10.0. The zero-order chi connectivity index (χ0) is 17.9. The molecule has 0 amide bonds. The van der Waals surface area contributed by atoms with Crippen LogP contribution in [0.3, 0.4) is 0 Å². The topological polar surface area (TPSA) is 24.3 Å². The van der Waals surface area contributed by atoms with Gasteiger partial charge in [0.25, 0.3) is 0 Å². The normalized spacial score (nSPS) is 18.9. The van der Waals surface area contributed by atoms with Crippen LogP contribution in [0.2, 0.25) is 0 Å². The van der Waals surface area contributed by atoms with E-state index in [9.17, 15) is 4.39 Å². The van der Waals surface area contributed by atoms with Crippen molar-refractivity contribution < 1.29 is 4.39 Å². The van der Waals surface area contributed by atoms with Crippen molar-refractivity contribution in [2.75, 3.05) is 26.7 Å². The Balaban J connectivity index is 1.53. The Bertz CT molecular complexity index is 844. The molecule has 0 unspecified atom stereocenters. The molecular weight excluding hydrogens is 327 g/mol. The smallest absolute Gasteiger partial charge is 0.123 e. The molecule has 3 aromatic rings. The molecule has 1 saturated heterocycles. The van der Waals surface area contributed by atoms with E-state index in [0.717, 1.165) is 31.9 Å². The number of benzene rings is 2. The van der Waals surface area contributed by atoms with Gasteiger partial charge in [0.2, 0.25) is 0 Å². The average molecular weight is 350 g/mol. The first kappa shape index (κ1) is 16.9. The van der Waals surface area contributed by atoms with Crippen molar-refractivity contribution in [1.29, 1.82) is 0 Å². The summed E-state index contributed by atoms with van der Waals surface area (Å²) in [4.78, 5) is 4.90. The van der Waals surface area contributed by atoms with Gasteiger partial charge in [-0.1, -0.05) is 30.3 Å². The van der Waals surface area contributed by atoms with E-state index >= 15 is 0 Å². The molecule has 0 aliphatic carbocycles. The van der Waals surface area contributed by atoms with Crippen LogP contribution in [0.5, 0.6) is 0 Å². The van der Waals surface area contributed by atoms with Crippen molar-refractivity contribution in [2.45, 2.75) is 12.6 Å². The van der Waals surface area contributed by atoms with Gasteiger partial charge < -0.3 is 4.90 Å². The van der Waals surface area contributed by atoms with Gasteiger partial charge in [0.15, 0.2) is 0 Å². The maximum atomic E-state index is 13.1. The minimum absolute atomic E-state index is 0.232. The van der Waals surface area contributed by atoms with Gasteiger partial charge in [-0.25, -0.2) is 9.07 Å². The van der Waals surface area contributed by atoms with E-state index in [2.05, 4.69) is 52.3 Å². The molecule has 0 N–H and O–H groups in total. The molecule has 4 nitrogen and oxygen atoms in total. The molecular formula is C21H23FN4. The van der Waals surface area contributed by atoms with Gasteiger partial charge in [-0.05, 0) is 36.9 Å². The highest BCUT2D eigenvalue weighted by atomic mass is 19.1. The fourth-order valence-electron chi connectivity index (χ4n) is 3.55. The fourth-order valence-corrected chi connectivity index (χ4v) is 3.55. The molecule has 0 spiro atoms. The maximum absolute atomic E-state index is 13.1. The number of hydrogen-bond donors (Lipinski definition) is 0. The third kappa shape index (κ3) is 3.69. The Morgan fingerprint density at radius 3 is 2.58 bits per heavy atom. The summed E-state index contributed by atoms with van der Waals surface area (Å²) in [5.74, 6) is -0.232. The summed E-state index contributed by atoms with van der Waals surface area (Å²) >= 11 is 0. The molecule has 0 radical (unpaired) electrons. The Morgan fingerprint density at radius 2 is 1.81 bits per heavy atom. The van der Waals surface area contributed by atoms with Gasteiger partial charge in [-0.3, -0.25) is 4.90 Å². The quantitative estimate of drug-likeness (QED) is 0.720. The van der Waals surface area contributed by atoms with Crippen LogP contribution in [0, 0.1) is 5.82 Å². The maximum Gasteiger partial charge on any atom is 0.123 e. The molecule has 1 aliphatic heterocycles. The van der Waals surface area contributed by atoms with Crippen LogP contribution < -0.4 is 0 Å². The molecule has 4 rings (SSSR count). The summed E-state index contributed by atoms with van der Waals surface area (Å²) in [5.41, 5.74) is 3.39. The number of rotatable bonds is 4. The highest BCUT2D eigenvalue weighted by Crippen LogP contribution is 2.26. The first-order valence-corrected chi connectivity index (χ1v) is 8.96. The monoisotopic (exact) mass is 350 g/mol. The summed E-state index contributed by atoms with van der Waals surface area (Å²) in [5, 5.41) is 4.45. The first-order chi connectivity index (χ1) is 12.7. The largest absolute Gasteiger partial charge is 0.303 e. The summed E-state index contributed by atoms with van der Waals surface area (Å²) in [6, 6.07) is 17.5.